The molecular formula is C12H14ClNO2. The topological polar surface area (TPSA) is 49.3 Å². The summed E-state index contributed by atoms with van der Waals surface area (Å²) in [7, 11) is 0. The Morgan fingerprint density at radius 1 is 1.50 bits per heavy atom. The highest BCUT2D eigenvalue weighted by Crippen LogP contribution is 2.26. The van der Waals surface area contributed by atoms with Gasteiger partial charge < -0.3 is 10.4 Å². The van der Waals surface area contributed by atoms with Crippen LogP contribution in [-0.2, 0) is 0 Å². The number of halogens is 1. The third kappa shape index (κ3) is 2.74. The standard InChI is InChI=1S/C12H14ClNO2/c13-10-3-1-2-9(6-10)12(16)14-7-8-4-11(15)5-8/h1-3,6,8,11,15H,4-5,7H2,(H,14,16). The van der Waals surface area contributed by atoms with E-state index in [-0.39, 0.29) is 12.0 Å². The average Bonchev–Trinajstić information content (AvgIpc) is 2.22. The summed E-state index contributed by atoms with van der Waals surface area (Å²) in [6.45, 7) is 0.627. The molecule has 4 heteroatoms. The van der Waals surface area contributed by atoms with E-state index >= 15 is 0 Å². The van der Waals surface area contributed by atoms with Crippen LogP contribution in [0.25, 0.3) is 0 Å². The van der Waals surface area contributed by atoms with E-state index in [0.717, 1.165) is 12.8 Å². The molecule has 2 rings (SSSR count). The quantitative estimate of drug-likeness (QED) is 0.846. The van der Waals surface area contributed by atoms with Crippen LogP contribution < -0.4 is 5.32 Å². The molecule has 0 aliphatic heterocycles. The number of benzene rings is 1. The number of aliphatic hydroxyl groups excluding tert-OH is 1. The Balaban J connectivity index is 1.84. The van der Waals surface area contributed by atoms with Gasteiger partial charge in [-0.1, -0.05) is 17.7 Å². The first-order valence-electron chi connectivity index (χ1n) is 5.37. The van der Waals surface area contributed by atoms with E-state index in [2.05, 4.69) is 5.32 Å². The molecule has 1 aromatic carbocycles. The second-order valence-corrected chi connectivity index (χ2v) is 4.65. The van der Waals surface area contributed by atoms with Gasteiger partial charge in [-0.05, 0) is 37.0 Å². The Kier molecular flexibility index (Phi) is 3.46. The Bertz CT molecular complexity index is 388. The third-order valence-electron chi connectivity index (χ3n) is 2.85. The first-order valence-corrected chi connectivity index (χ1v) is 5.75. The maximum Gasteiger partial charge on any atom is 0.251 e. The molecule has 86 valence electrons. The van der Waals surface area contributed by atoms with Crippen molar-refractivity contribution in [2.75, 3.05) is 6.54 Å². The molecule has 0 spiro atoms. The number of nitrogens with one attached hydrogen (secondary N) is 1. The number of rotatable bonds is 3. The highest BCUT2D eigenvalue weighted by Gasteiger charge is 2.27. The van der Waals surface area contributed by atoms with Crippen LogP contribution in [0.1, 0.15) is 23.2 Å². The third-order valence-corrected chi connectivity index (χ3v) is 3.08. The zero-order valence-corrected chi connectivity index (χ0v) is 9.57. The van der Waals surface area contributed by atoms with Gasteiger partial charge in [0.15, 0.2) is 0 Å². The minimum Gasteiger partial charge on any atom is -0.393 e. The number of hydrogen-bond donors (Lipinski definition) is 2. The summed E-state index contributed by atoms with van der Waals surface area (Å²) in [6, 6.07) is 6.87. The fourth-order valence-electron chi connectivity index (χ4n) is 1.84. The summed E-state index contributed by atoms with van der Waals surface area (Å²) in [5.41, 5.74) is 0.576. The molecule has 1 amide bonds. The molecule has 0 saturated heterocycles. The number of carbonyl (C=O) groups is 1. The second kappa shape index (κ2) is 4.85. The Hall–Kier alpha value is -1.06. The van der Waals surface area contributed by atoms with Gasteiger partial charge in [-0.3, -0.25) is 4.79 Å². The SMILES string of the molecule is O=C(NCC1CC(O)C1)c1cccc(Cl)c1. The normalized spacial score (nSPS) is 23.6. The zero-order chi connectivity index (χ0) is 11.5. The van der Waals surface area contributed by atoms with Crippen molar-refractivity contribution in [3.05, 3.63) is 34.9 Å². The van der Waals surface area contributed by atoms with Crippen molar-refractivity contribution in [2.45, 2.75) is 18.9 Å². The molecule has 1 fully saturated rings. The molecule has 0 radical (unpaired) electrons. The van der Waals surface area contributed by atoms with Crippen LogP contribution in [0, 0.1) is 5.92 Å². The summed E-state index contributed by atoms with van der Waals surface area (Å²) < 4.78 is 0. The Labute approximate surface area is 99.4 Å². The van der Waals surface area contributed by atoms with Gasteiger partial charge in [0.1, 0.15) is 0 Å². The van der Waals surface area contributed by atoms with E-state index in [9.17, 15) is 4.79 Å². The summed E-state index contributed by atoms with van der Waals surface area (Å²) in [5.74, 6) is 0.307. The number of amides is 1. The summed E-state index contributed by atoms with van der Waals surface area (Å²) in [6.07, 6.45) is 1.40. The van der Waals surface area contributed by atoms with Crippen molar-refractivity contribution < 1.29 is 9.90 Å². The lowest BCUT2D eigenvalue weighted by Crippen LogP contribution is -2.38. The van der Waals surface area contributed by atoms with E-state index in [4.69, 9.17) is 16.7 Å². The van der Waals surface area contributed by atoms with Crippen molar-refractivity contribution >= 4 is 17.5 Å². The minimum atomic E-state index is -0.173. The molecule has 0 atom stereocenters. The van der Waals surface area contributed by atoms with E-state index in [1.54, 1.807) is 24.3 Å². The van der Waals surface area contributed by atoms with Crippen LogP contribution in [-0.4, -0.2) is 23.7 Å². The molecule has 1 saturated carbocycles. The van der Waals surface area contributed by atoms with Crippen molar-refractivity contribution in [3.8, 4) is 0 Å². The Morgan fingerprint density at radius 3 is 2.88 bits per heavy atom. The molecule has 0 aromatic heterocycles. The molecule has 1 aliphatic carbocycles. The molecule has 0 bridgehead atoms. The zero-order valence-electron chi connectivity index (χ0n) is 8.82. The molecular weight excluding hydrogens is 226 g/mol. The maximum atomic E-state index is 11.7. The van der Waals surface area contributed by atoms with E-state index in [1.807, 2.05) is 0 Å². The van der Waals surface area contributed by atoms with Gasteiger partial charge in [0, 0.05) is 17.1 Å². The van der Waals surface area contributed by atoms with Crippen molar-refractivity contribution in [1.82, 2.24) is 5.32 Å². The maximum absolute atomic E-state index is 11.7. The average molecular weight is 240 g/mol. The second-order valence-electron chi connectivity index (χ2n) is 4.21. The summed E-state index contributed by atoms with van der Waals surface area (Å²) >= 11 is 5.80. The van der Waals surface area contributed by atoms with Crippen molar-refractivity contribution in [2.24, 2.45) is 5.92 Å². The predicted octanol–water partition coefficient (Wildman–Crippen LogP) is 1.84. The van der Waals surface area contributed by atoms with Gasteiger partial charge in [-0.2, -0.15) is 0 Å². The summed E-state index contributed by atoms with van der Waals surface area (Å²) in [5, 5.41) is 12.5. The first kappa shape index (κ1) is 11.4. The van der Waals surface area contributed by atoms with Gasteiger partial charge in [0.2, 0.25) is 0 Å². The molecule has 0 heterocycles. The molecule has 3 nitrogen and oxygen atoms in total. The van der Waals surface area contributed by atoms with Gasteiger partial charge in [0.05, 0.1) is 6.10 Å². The molecule has 1 aliphatic rings. The van der Waals surface area contributed by atoms with Crippen molar-refractivity contribution in [1.29, 1.82) is 0 Å². The van der Waals surface area contributed by atoms with Crippen LogP contribution in [0.4, 0.5) is 0 Å². The molecule has 2 N–H and O–H groups in total. The van der Waals surface area contributed by atoms with E-state index in [1.165, 1.54) is 0 Å². The van der Waals surface area contributed by atoms with Crippen LogP contribution in [0.2, 0.25) is 5.02 Å². The molecule has 0 unspecified atom stereocenters. The largest absolute Gasteiger partial charge is 0.393 e. The van der Waals surface area contributed by atoms with Gasteiger partial charge >= 0.3 is 0 Å². The smallest absolute Gasteiger partial charge is 0.251 e. The lowest BCUT2D eigenvalue weighted by molar-refractivity contribution is 0.0420. The lowest BCUT2D eigenvalue weighted by Gasteiger charge is -2.31. The highest BCUT2D eigenvalue weighted by molar-refractivity contribution is 6.30. The molecule has 16 heavy (non-hydrogen) atoms. The fraction of sp³-hybridized carbons (Fsp3) is 0.417. The van der Waals surface area contributed by atoms with Crippen molar-refractivity contribution in [3.63, 3.8) is 0 Å². The van der Waals surface area contributed by atoms with E-state index in [0.29, 0.717) is 23.0 Å². The monoisotopic (exact) mass is 239 g/mol. The van der Waals surface area contributed by atoms with Gasteiger partial charge in [-0.15, -0.1) is 0 Å². The first-order chi connectivity index (χ1) is 7.65. The summed E-state index contributed by atoms with van der Waals surface area (Å²) in [4.78, 5) is 11.7. The van der Waals surface area contributed by atoms with Crippen LogP contribution >= 0.6 is 11.6 Å². The number of hydrogen-bond acceptors (Lipinski definition) is 2. The fourth-order valence-corrected chi connectivity index (χ4v) is 2.03. The number of aliphatic hydroxyl groups is 1. The number of carbonyl (C=O) groups excluding carboxylic acids is 1. The lowest BCUT2D eigenvalue weighted by atomic mass is 9.82. The Morgan fingerprint density at radius 2 is 2.25 bits per heavy atom. The minimum absolute atomic E-state index is 0.108. The molecule has 1 aromatic rings. The highest BCUT2D eigenvalue weighted by atomic mass is 35.5. The van der Waals surface area contributed by atoms with E-state index < -0.39 is 0 Å². The van der Waals surface area contributed by atoms with Gasteiger partial charge in [-0.25, -0.2) is 0 Å². The van der Waals surface area contributed by atoms with Gasteiger partial charge in [0.25, 0.3) is 5.91 Å². The predicted molar refractivity (Wildman–Crippen MR) is 62.5 cm³/mol. The van der Waals surface area contributed by atoms with Crippen LogP contribution in [0.15, 0.2) is 24.3 Å². The van der Waals surface area contributed by atoms with Crippen LogP contribution in [0.3, 0.4) is 0 Å². The van der Waals surface area contributed by atoms with Crippen LogP contribution in [0.5, 0.6) is 0 Å².